The second-order valence-electron chi connectivity index (χ2n) is 5.71. The lowest BCUT2D eigenvalue weighted by atomic mass is 10.0. The molecule has 3 nitrogen and oxygen atoms in total. The van der Waals surface area contributed by atoms with Crippen LogP contribution in [0.5, 0.6) is 0 Å². The highest BCUT2D eigenvalue weighted by Crippen LogP contribution is 2.17. The summed E-state index contributed by atoms with van der Waals surface area (Å²) >= 11 is 1.73. The minimum absolute atomic E-state index is 0.0377. The topological polar surface area (TPSA) is 32.3 Å². The Balaban J connectivity index is 1.88. The number of rotatable bonds is 7. The van der Waals surface area contributed by atoms with E-state index in [0.717, 1.165) is 18.8 Å². The van der Waals surface area contributed by atoms with E-state index in [1.54, 1.807) is 11.3 Å². The first kappa shape index (κ1) is 16.7. The van der Waals surface area contributed by atoms with E-state index < -0.39 is 0 Å². The van der Waals surface area contributed by atoms with Crippen LogP contribution in [0, 0.1) is 0 Å². The number of likely N-dealkylation sites (N-methyl/N-ethyl adjacent to an activating group) is 1. The molecule has 0 saturated heterocycles. The number of hydrogen-bond acceptors (Lipinski definition) is 3. The Labute approximate surface area is 137 Å². The molecule has 1 heterocycles. The molecule has 1 aromatic heterocycles. The molecule has 1 N–H and O–H groups in total. The van der Waals surface area contributed by atoms with Crippen LogP contribution in [0.1, 0.15) is 37.1 Å². The molecular weight excluding hydrogens is 292 g/mol. The van der Waals surface area contributed by atoms with Gasteiger partial charge >= 0.3 is 0 Å². The molecule has 0 radical (unpaired) electrons. The van der Waals surface area contributed by atoms with Gasteiger partial charge in [-0.05, 0) is 41.6 Å². The van der Waals surface area contributed by atoms with Gasteiger partial charge in [0.2, 0.25) is 5.91 Å². The molecule has 0 bridgehead atoms. The van der Waals surface area contributed by atoms with E-state index in [1.807, 2.05) is 18.2 Å². The number of nitrogens with one attached hydrogen (secondary N) is 1. The smallest absolute Gasteiger partial charge is 0.238 e. The van der Waals surface area contributed by atoms with Gasteiger partial charge in [0.15, 0.2) is 0 Å². The summed E-state index contributed by atoms with van der Waals surface area (Å²) in [6.45, 7) is 8.51. The average molecular weight is 316 g/mol. The molecular formula is C18H24N2OS. The highest BCUT2D eigenvalue weighted by molar-refractivity contribution is 7.09. The molecule has 22 heavy (non-hydrogen) atoms. The number of carbonyl (C=O) groups is 1. The third kappa shape index (κ3) is 4.97. The first-order valence-electron chi connectivity index (χ1n) is 7.73. The first-order chi connectivity index (χ1) is 10.6. The van der Waals surface area contributed by atoms with Crippen LogP contribution in [0.25, 0.3) is 0 Å². The molecule has 2 aromatic rings. The molecule has 4 heteroatoms. The van der Waals surface area contributed by atoms with Gasteiger partial charge in [0.1, 0.15) is 0 Å². The summed E-state index contributed by atoms with van der Waals surface area (Å²) in [5.74, 6) is 0.543. The molecule has 1 aromatic carbocycles. The van der Waals surface area contributed by atoms with Crippen molar-refractivity contribution in [1.29, 1.82) is 0 Å². The fourth-order valence-electron chi connectivity index (χ4n) is 2.26. The van der Waals surface area contributed by atoms with Crippen LogP contribution >= 0.6 is 11.3 Å². The van der Waals surface area contributed by atoms with Crippen molar-refractivity contribution in [3.8, 4) is 0 Å². The maximum atomic E-state index is 12.2. The summed E-state index contributed by atoms with van der Waals surface area (Å²) in [5.41, 5.74) is 2.15. The Hall–Kier alpha value is -1.65. The Morgan fingerprint density at radius 2 is 1.95 bits per heavy atom. The molecule has 2 rings (SSSR count). The number of benzene rings is 1. The third-order valence-electron chi connectivity index (χ3n) is 3.64. The maximum absolute atomic E-state index is 12.2. The molecule has 0 aliphatic rings. The van der Waals surface area contributed by atoms with E-state index in [9.17, 15) is 4.79 Å². The molecule has 1 amide bonds. The number of anilines is 1. The van der Waals surface area contributed by atoms with Gasteiger partial charge in [0, 0.05) is 17.1 Å². The zero-order valence-electron chi connectivity index (χ0n) is 13.5. The van der Waals surface area contributed by atoms with Crippen molar-refractivity contribution in [3.63, 3.8) is 0 Å². The Morgan fingerprint density at radius 3 is 2.50 bits per heavy atom. The van der Waals surface area contributed by atoms with Gasteiger partial charge in [0.25, 0.3) is 0 Å². The fourth-order valence-corrected chi connectivity index (χ4v) is 3.00. The summed E-state index contributed by atoms with van der Waals surface area (Å²) in [6.07, 6.45) is 0. The van der Waals surface area contributed by atoms with Crippen LogP contribution in [0.3, 0.4) is 0 Å². The maximum Gasteiger partial charge on any atom is 0.238 e. The lowest BCUT2D eigenvalue weighted by Gasteiger charge is -2.19. The van der Waals surface area contributed by atoms with Gasteiger partial charge in [-0.1, -0.05) is 39.0 Å². The normalized spacial score (nSPS) is 11.1. The van der Waals surface area contributed by atoms with Gasteiger partial charge in [-0.25, -0.2) is 0 Å². The SMILES string of the molecule is CCN(CC(=O)Nc1ccc(C(C)C)cc1)Cc1cccs1. The Bertz CT molecular complexity index is 576. The predicted octanol–water partition coefficient (Wildman–Crippen LogP) is 4.33. The van der Waals surface area contributed by atoms with Crippen LogP contribution in [-0.2, 0) is 11.3 Å². The number of carbonyl (C=O) groups excluding carboxylic acids is 1. The number of hydrogen-bond donors (Lipinski definition) is 1. The molecule has 0 spiro atoms. The van der Waals surface area contributed by atoms with E-state index in [-0.39, 0.29) is 5.91 Å². The quantitative estimate of drug-likeness (QED) is 0.824. The van der Waals surface area contributed by atoms with Crippen molar-refractivity contribution >= 4 is 22.9 Å². The van der Waals surface area contributed by atoms with Crippen molar-refractivity contribution in [2.75, 3.05) is 18.4 Å². The lowest BCUT2D eigenvalue weighted by molar-refractivity contribution is -0.117. The van der Waals surface area contributed by atoms with Crippen molar-refractivity contribution in [1.82, 2.24) is 4.90 Å². The van der Waals surface area contributed by atoms with Crippen LogP contribution in [0.2, 0.25) is 0 Å². The highest BCUT2D eigenvalue weighted by atomic mass is 32.1. The second-order valence-corrected chi connectivity index (χ2v) is 6.74. The van der Waals surface area contributed by atoms with Crippen molar-refractivity contribution in [2.24, 2.45) is 0 Å². The van der Waals surface area contributed by atoms with Crippen molar-refractivity contribution in [3.05, 3.63) is 52.2 Å². The highest BCUT2D eigenvalue weighted by Gasteiger charge is 2.10. The monoisotopic (exact) mass is 316 g/mol. The molecule has 0 saturated carbocycles. The van der Waals surface area contributed by atoms with Crippen molar-refractivity contribution < 1.29 is 4.79 Å². The largest absolute Gasteiger partial charge is 0.325 e. The third-order valence-corrected chi connectivity index (χ3v) is 4.50. The number of thiophene rings is 1. The van der Waals surface area contributed by atoms with Gasteiger partial charge < -0.3 is 5.32 Å². The van der Waals surface area contributed by atoms with E-state index >= 15 is 0 Å². The fraction of sp³-hybridized carbons (Fsp3) is 0.389. The first-order valence-corrected chi connectivity index (χ1v) is 8.61. The molecule has 0 aliphatic carbocycles. The minimum Gasteiger partial charge on any atom is -0.325 e. The predicted molar refractivity (Wildman–Crippen MR) is 94.4 cm³/mol. The van der Waals surface area contributed by atoms with Crippen molar-refractivity contribution in [2.45, 2.75) is 33.2 Å². The van der Waals surface area contributed by atoms with E-state index in [2.05, 4.69) is 54.6 Å². The summed E-state index contributed by atoms with van der Waals surface area (Å²) < 4.78 is 0. The minimum atomic E-state index is 0.0377. The van der Waals surface area contributed by atoms with Gasteiger partial charge in [-0.2, -0.15) is 0 Å². The zero-order valence-corrected chi connectivity index (χ0v) is 14.3. The standard InChI is InChI=1S/C18H24N2OS/c1-4-20(12-17-6-5-11-22-17)13-18(21)19-16-9-7-15(8-10-16)14(2)3/h5-11,14H,4,12-13H2,1-3H3,(H,19,21). The summed E-state index contributed by atoms with van der Waals surface area (Å²) in [5, 5.41) is 5.04. The summed E-state index contributed by atoms with van der Waals surface area (Å²) in [4.78, 5) is 15.6. The number of nitrogens with zero attached hydrogens (tertiary/aromatic N) is 1. The van der Waals surface area contributed by atoms with Gasteiger partial charge in [-0.3, -0.25) is 9.69 Å². The molecule has 0 unspecified atom stereocenters. The van der Waals surface area contributed by atoms with Crippen LogP contribution < -0.4 is 5.32 Å². The second kappa shape index (κ2) is 8.11. The Morgan fingerprint density at radius 1 is 1.23 bits per heavy atom. The average Bonchev–Trinajstić information content (AvgIpc) is 3.00. The van der Waals surface area contributed by atoms with Crippen LogP contribution in [0.15, 0.2) is 41.8 Å². The van der Waals surface area contributed by atoms with Gasteiger partial charge in [0.05, 0.1) is 6.54 Å². The zero-order chi connectivity index (χ0) is 15.9. The lowest BCUT2D eigenvalue weighted by Crippen LogP contribution is -2.32. The van der Waals surface area contributed by atoms with E-state index in [1.165, 1.54) is 10.4 Å². The molecule has 0 aliphatic heterocycles. The molecule has 0 fully saturated rings. The molecule has 0 atom stereocenters. The van der Waals surface area contributed by atoms with E-state index in [4.69, 9.17) is 0 Å². The summed E-state index contributed by atoms with van der Waals surface area (Å²) in [7, 11) is 0. The Kier molecular flexibility index (Phi) is 6.16. The van der Waals surface area contributed by atoms with Crippen LogP contribution in [-0.4, -0.2) is 23.9 Å². The number of amides is 1. The van der Waals surface area contributed by atoms with Crippen LogP contribution in [0.4, 0.5) is 5.69 Å². The summed E-state index contributed by atoms with van der Waals surface area (Å²) in [6, 6.07) is 12.2. The van der Waals surface area contributed by atoms with Gasteiger partial charge in [-0.15, -0.1) is 11.3 Å². The molecule has 118 valence electrons. The van der Waals surface area contributed by atoms with E-state index in [0.29, 0.717) is 12.5 Å².